The molecular formula is C30H29N. The smallest absolute Gasteiger partial charge is 0.0462 e. The first-order valence-corrected chi connectivity index (χ1v) is 10.8. The predicted octanol–water partition coefficient (Wildman–Crippen LogP) is 8.62. The second-order valence-electron chi connectivity index (χ2n) is 8.80. The van der Waals surface area contributed by atoms with Crippen LogP contribution in [-0.4, -0.2) is 0 Å². The van der Waals surface area contributed by atoms with Gasteiger partial charge in [-0.05, 0) is 58.5 Å². The SMILES string of the molecule is CC(C)(C)c1ccc(/C=C/c2ccc(N(c3ccccc3)c3ccccc3)cc2)cc1. The summed E-state index contributed by atoms with van der Waals surface area (Å²) in [7, 11) is 0. The van der Waals surface area contributed by atoms with Crippen LogP contribution in [0.5, 0.6) is 0 Å². The number of anilines is 3. The summed E-state index contributed by atoms with van der Waals surface area (Å²) < 4.78 is 0. The van der Waals surface area contributed by atoms with Gasteiger partial charge < -0.3 is 4.90 Å². The minimum atomic E-state index is 0.182. The van der Waals surface area contributed by atoms with Crippen molar-refractivity contribution in [2.75, 3.05) is 4.90 Å². The lowest BCUT2D eigenvalue weighted by molar-refractivity contribution is 0.590. The molecule has 0 radical (unpaired) electrons. The monoisotopic (exact) mass is 403 g/mol. The molecule has 1 nitrogen and oxygen atoms in total. The van der Waals surface area contributed by atoms with Crippen LogP contribution < -0.4 is 4.90 Å². The standard InChI is InChI=1S/C30H29N/c1-30(2,3)26-20-16-24(17-21-26)14-15-25-18-22-29(23-19-25)31(27-10-6-4-7-11-27)28-12-8-5-9-13-28/h4-23H,1-3H3/b15-14+. The van der Waals surface area contributed by atoms with Crippen LogP contribution in [0.25, 0.3) is 12.2 Å². The molecule has 0 heterocycles. The zero-order chi connectivity index (χ0) is 21.7. The molecule has 0 N–H and O–H groups in total. The van der Waals surface area contributed by atoms with Gasteiger partial charge in [0.15, 0.2) is 0 Å². The van der Waals surface area contributed by atoms with Gasteiger partial charge in [-0.1, -0.05) is 106 Å². The van der Waals surface area contributed by atoms with E-state index in [-0.39, 0.29) is 5.41 Å². The molecule has 0 atom stereocenters. The normalized spacial score (nSPS) is 11.6. The largest absolute Gasteiger partial charge is 0.311 e. The van der Waals surface area contributed by atoms with E-state index in [9.17, 15) is 0 Å². The van der Waals surface area contributed by atoms with E-state index in [0.717, 1.165) is 17.1 Å². The third kappa shape index (κ3) is 5.13. The summed E-state index contributed by atoms with van der Waals surface area (Å²) in [5.41, 5.74) is 7.38. The average Bonchev–Trinajstić information content (AvgIpc) is 2.80. The van der Waals surface area contributed by atoms with Crippen molar-refractivity contribution < 1.29 is 0 Å². The number of para-hydroxylation sites is 2. The van der Waals surface area contributed by atoms with Crippen molar-refractivity contribution in [1.82, 2.24) is 0 Å². The lowest BCUT2D eigenvalue weighted by Gasteiger charge is -2.25. The van der Waals surface area contributed by atoms with Gasteiger partial charge in [0, 0.05) is 17.1 Å². The van der Waals surface area contributed by atoms with Crippen molar-refractivity contribution in [2.24, 2.45) is 0 Å². The van der Waals surface area contributed by atoms with Crippen molar-refractivity contribution in [3.63, 3.8) is 0 Å². The number of benzene rings is 4. The lowest BCUT2D eigenvalue weighted by Crippen LogP contribution is -2.10. The van der Waals surface area contributed by atoms with Crippen molar-refractivity contribution in [1.29, 1.82) is 0 Å². The summed E-state index contributed by atoms with van der Waals surface area (Å²) in [4.78, 5) is 2.28. The Bertz CT molecular complexity index is 1080. The maximum Gasteiger partial charge on any atom is 0.0462 e. The molecule has 0 bridgehead atoms. The van der Waals surface area contributed by atoms with Crippen LogP contribution in [-0.2, 0) is 5.41 Å². The topological polar surface area (TPSA) is 3.24 Å². The van der Waals surface area contributed by atoms with Crippen molar-refractivity contribution in [3.05, 3.63) is 126 Å². The van der Waals surface area contributed by atoms with E-state index in [4.69, 9.17) is 0 Å². The number of hydrogen-bond acceptors (Lipinski definition) is 1. The number of hydrogen-bond donors (Lipinski definition) is 0. The maximum absolute atomic E-state index is 2.28. The van der Waals surface area contributed by atoms with Gasteiger partial charge in [0.05, 0.1) is 0 Å². The Kier molecular flexibility index (Phi) is 6.04. The van der Waals surface area contributed by atoms with Gasteiger partial charge >= 0.3 is 0 Å². The third-order valence-electron chi connectivity index (χ3n) is 5.43. The Morgan fingerprint density at radius 3 is 1.29 bits per heavy atom. The van der Waals surface area contributed by atoms with E-state index < -0.39 is 0 Å². The van der Waals surface area contributed by atoms with Crippen LogP contribution >= 0.6 is 0 Å². The molecule has 154 valence electrons. The fourth-order valence-corrected chi connectivity index (χ4v) is 3.62. The molecule has 0 aromatic heterocycles. The molecule has 0 aliphatic rings. The highest BCUT2D eigenvalue weighted by molar-refractivity contribution is 5.78. The molecule has 0 saturated carbocycles. The maximum atomic E-state index is 2.28. The highest BCUT2D eigenvalue weighted by atomic mass is 15.1. The highest BCUT2D eigenvalue weighted by Crippen LogP contribution is 2.34. The second-order valence-corrected chi connectivity index (χ2v) is 8.80. The first-order valence-electron chi connectivity index (χ1n) is 10.8. The summed E-state index contributed by atoms with van der Waals surface area (Å²) in [6, 6.07) is 38.5. The molecule has 0 aliphatic carbocycles. The summed E-state index contributed by atoms with van der Waals surface area (Å²) >= 11 is 0. The summed E-state index contributed by atoms with van der Waals surface area (Å²) in [5, 5.41) is 0. The predicted molar refractivity (Wildman–Crippen MR) is 135 cm³/mol. The molecule has 1 heteroatoms. The Balaban J connectivity index is 1.57. The summed E-state index contributed by atoms with van der Waals surface area (Å²) in [6.07, 6.45) is 4.35. The molecule has 0 unspecified atom stereocenters. The van der Waals surface area contributed by atoms with Gasteiger partial charge in [-0.3, -0.25) is 0 Å². The fourth-order valence-electron chi connectivity index (χ4n) is 3.62. The van der Waals surface area contributed by atoms with Gasteiger partial charge in [0.1, 0.15) is 0 Å². The lowest BCUT2D eigenvalue weighted by atomic mass is 9.87. The van der Waals surface area contributed by atoms with E-state index >= 15 is 0 Å². The van der Waals surface area contributed by atoms with Crippen molar-refractivity contribution in [3.8, 4) is 0 Å². The molecule has 0 aliphatic heterocycles. The highest BCUT2D eigenvalue weighted by Gasteiger charge is 2.13. The quantitative estimate of drug-likeness (QED) is 0.301. The van der Waals surface area contributed by atoms with Gasteiger partial charge in [0.25, 0.3) is 0 Å². The van der Waals surface area contributed by atoms with Crippen LogP contribution in [0.1, 0.15) is 37.5 Å². The van der Waals surface area contributed by atoms with Gasteiger partial charge in [-0.2, -0.15) is 0 Å². The second kappa shape index (κ2) is 9.06. The zero-order valence-corrected chi connectivity index (χ0v) is 18.5. The minimum Gasteiger partial charge on any atom is -0.311 e. The molecule has 0 fully saturated rings. The molecule has 4 rings (SSSR count). The van der Waals surface area contributed by atoms with E-state index in [1.807, 2.05) is 0 Å². The molecule has 4 aromatic carbocycles. The molecule has 0 saturated heterocycles. The van der Waals surface area contributed by atoms with Gasteiger partial charge in [0.2, 0.25) is 0 Å². The molecule has 0 amide bonds. The Morgan fingerprint density at radius 2 is 0.871 bits per heavy atom. The van der Waals surface area contributed by atoms with E-state index in [0.29, 0.717) is 0 Å². The number of nitrogens with zero attached hydrogens (tertiary/aromatic N) is 1. The van der Waals surface area contributed by atoms with E-state index in [1.54, 1.807) is 0 Å². The fraction of sp³-hybridized carbons (Fsp3) is 0.133. The van der Waals surface area contributed by atoms with Crippen molar-refractivity contribution in [2.45, 2.75) is 26.2 Å². The third-order valence-corrected chi connectivity index (χ3v) is 5.43. The van der Waals surface area contributed by atoms with Gasteiger partial charge in [-0.25, -0.2) is 0 Å². The average molecular weight is 404 g/mol. The summed E-state index contributed by atoms with van der Waals surface area (Å²) in [6.45, 7) is 6.73. The molecule has 4 aromatic rings. The van der Waals surface area contributed by atoms with Crippen LogP contribution in [0.4, 0.5) is 17.1 Å². The number of rotatable bonds is 5. The van der Waals surface area contributed by atoms with Crippen LogP contribution in [0.3, 0.4) is 0 Å². The van der Waals surface area contributed by atoms with E-state index in [2.05, 4.69) is 147 Å². The first kappa shape index (κ1) is 20.7. The Morgan fingerprint density at radius 1 is 0.484 bits per heavy atom. The molecule has 31 heavy (non-hydrogen) atoms. The Labute approximate surface area is 186 Å². The Hall–Kier alpha value is -3.58. The zero-order valence-electron chi connectivity index (χ0n) is 18.5. The van der Waals surface area contributed by atoms with Crippen molar-refractivity contribution >= 4 is 29.2 Å². The van der Waals surface area contributed by atoms with Crippen LogP contribution in [0.2, 0.25) is 0 Å². The molecule has 0 spiro atoms. The van der Waals surface area contributed by atoms with E-state index in [1.165, 1.54) is 16.7 Å². The van der Waals surface area contributed by atoms with Gasteiger partial charge in [-0.15, -0.1) is 0 Å². The summed E-state index contributed by atoms with van der Waals surface area (Å²) in [5.74, 6) is 0. The van der Waals surface area contributed by atoms with Crippen LogP contribution in [0.15, 0.2) is 109 Å². The van der Waals surface area contributed by atoms with Crippen LogP contribution in [0, 0.1) is 0 Å². The first-order chi connectivity index (χ1) is 15.0. The minimum absolute atomic E-state index is 0.182. The molecular weight excluding hydrogens is 374 g/mol.